The van der Waals surface area contributed by atoms with Gasteiger partial charge in [0.2, 0.25) is 0 Å². The monoisotopic (exact) mass is 347 g/mol. The van der Waals surface area contributed by atoms with Gasteiger partial charge in [-0.05, 0) is 58.7 Å². The van der Waals surface area contributed by atoms with E-state index in [0.717, 1.165) is 5.69 Å². The maximum atomic E-state index is 12.5. The Hall–Kier alpha value is -2.08. The molecule has 0 radical (unpaired) electrons. The van der Waals surface area contributed by atoms with Gasteiger partial charge in [-0.1, -0.05) is 13.8 Å². The molecule has 2 heterocycles. The molecule has 0 bridgehead atoms. The van der Waals surface area contributed by atoms with E-state index >= 15 is 0 Å². The third-order valence-corrected chi connectivity index (χ3v) is 4.06. The smallest absolute Gasteiger partial charge is 0.271 e. The molecule has 6 heteroatoms. The number of rotatable bonds is 5. The van der Waals surface area contributed by atoms with Gasteiger partial charge in [0.25, 0.3) is 5.91 Å². The number of nitrogens with zero attached hydrogens (tertiary/aromatic N) is 2. The van der Waals surface area contributed by atoms with Crippen LogP contribution in [0.3, 0.4) is 0 Å². The zero-order chi connectivity index (χ0) is 19.0. The molecule has 6 nitrogen and oxygen atoms in total. The van der Waals surface area contributed by atoms with E-state index < -0.39 is 5.60 Å². The summed E-state index contributed by atoms with van der Waals surface area (Å²) in [5.74, 6) is 1.08. The number of furan rings is 1. The van der Waals surface area contributed by atoms with Crippen LogP contribution in [-0.4, -0.2) is 27.3 Å². The van der Waals surface area contributed by atoms with Crippen LogP contribution in [-0.2, 0) is 11.1 Å². The van der Waals surface area contributed by atoms with Crippen LogP contribution in [0.5, 0.6) is 0 Å². The van der Waals surface area contributed by atoms with E-state index in [1.54, 1.807) is 19.1 Å². The van der Waals surface area contributed by atoms with Crippen LogP contribution >= 0.6 is 0 Å². The van der Waals surface area contributed by atoms with Crippen LogP contribution in [0.15, 0.2) is 22.6 Å². The maximum Gasteiger partial charge on any atom is 0.271 e. The van der Waals surface area contributed by atoms with Crippen molar-refractivity contribution in [3.63, 3.8) is 0 Å². The molecule has 2 aromatic heterocycles. The minimum atomic E-state index is -1.28. The van der Waals surface area contributed by atoms with Crippen molar-refractivity contribution in [2.45, 2.75) is 65.5 Å². The lowest BCUT2D eigenvalue weighted by Crippen LogP contribution is -2.38. The lowest BCUT2D eigenvalue weighted by Gasteiger charge is -2.23. The molecule has 0 aromatic carbocycles. The lowest BCUT2D eigenvalue weighted by molar-refractivity contribution is 0.0322. The molecule has 0 saturated carbocycles. The highest BCUT2D eigenvalue weighted by Crippen LogP contribution is 2.24. The molecule has 138 valence electrons. The number of aliphatic hydroxyl groups is 1. The quantitative estimate of drug-likeness (QED) is 0.869. The summed E-state index contributed by atoms with van der Waals surface area (Å²) in [5.41, 5.74) is -0.136. The summed E-state index contributed by atoms with van der Waals surface area (Å²) in [7, 11) is 0. The van der Waals surface area contributed by atoms with Crippen LogP contribution in [0.25, 0.3) is 0 Å². The van der Waals surface area contributed by atoms with E-state index in [1.807, 2.05) is 17.7 Å². The molecule has 0 saturated heterocycles. The van der Waals surface area contributed by atoms with Crippen LogP contribution < -0.4 is 5.32 Å². The summed E-state index contributed by atoms with van der Waals surface area (Å²) < 4.78 is 7.35. The number of aromatic nitrogens is 2. The molecular weight excluding hydrogens is 318 g/mol. The van der Waals surface area contributed by atoms with Gasteiger partial charge in [-0.2, -0.15) is 5.10 Å². The number of carbonyl (C=O) groups is 1. The zero-order valence-corrected chi connectivity index (χ0v) is 16.2. The fraction of sp³-hybridized carbons (Fsp3) is 0.579. The van der Waals surface area contributed by atoms with Gasteiger partial charge in [-0.25, -0.2) is 0 Å². The zero-order valence-electron chi connectivity index (χ0n) is 16.2. The lowest BCUT2D eigenvalue weighted by atomic mass is 10.0. The predicted octanol–water partition coefficient (Wildman–Crippen LogP) is 3.30. The van der Waals surface area contributed by atoms with Crippen LogP contribution in [0, 0.1) is 6.92 Å². The average molecular weight is 347 g/mol. The third-order valence-electron chi connectivity index (χ3n) is 4.06. The van der Waals surface area contributed by atoms with Crippen molar-refractivity contribution in [3.8, 4) is 0 Å². The fourth-order valence-corrected chi connectivity index (χ4v) is 2.61. The van der Waals surface area contributed by atoms with E-state index in [1.165, 1.54) is 0 Å². The van der Waals surface area contributed by atoms with Crippen molar-refractivity contribution in [2.75, 3.05) is 6.54 Å². The molecule has 1 atom stereocenters. The molecule has 0 spiro atoms. The Morgan fingerprint density at radius 1 is 1.32 bits per heavy atom. The number of hydrogen-bond donors (Lipinski definition) is 2. The predicted molar refractivity (Wildman–Crippen MR) is 96.7 cm³/mol. The van der Waals surface area contributed by atoms with Crippen molar-refractivity contribution in [3.05, 3.63) is 41.1 Å². The van der Waals surface area contributed by atoms with Crippen molar-refractivity contribution < 1.29 is 14.3 Å². The molecule has 0 aliphatic carbocycles. The number of carbonyl (C=O) groups excluding carboxylic acids is 1. The second kappa shape index (κ2) is 6.67. The summed E-state index contributed by atoms with van der Waals surface area (Å²) in [6, 6.07) is 5.31. The summed E-state index contributed by atoms with van der Waals surface area (Å²) in [6.07, 6.45) is 0. The minimum absolute atomic E-state index is 0.0399. The Bertz CT molecular complexity index is 748. The van der Waals surface area contributed by atoms with E-state index in [2.05, 4.69) is 45.0 Å². The molecule has 0 aliphatic heterocycles. The number of nitrogens with one attached hydrogen (secondary N) is 1. The van der Waals surface area contributed by atoms with Gasteiger partial charge in [-0.15, -0.1) is 0 Å². The fourth-order valence-electron chi connectivity index (χ4n) is 2.61. The van der Waals surface area contributed by atoms with Crippen molar-refractivity contribution in [2.24, 2.45) is 0 Å². The summed E-state index contributed by atoms with van der Waals surface area (Å²) >= 11 is 0. The molecule has 0 fully saturated rings. The Labute approximate surface area is 149 Å². The summed E-state index contributed by atoms with van der Waals surface area (Å²) in [4.78, 5) is 12.5. The summed E-state index contributed by atoms with van der Waals surface area (Å²) in [6.45, 7) is 13.8. The SMILES string of the molecule is Cc1ccc(C(C)(O)CNC(=O)c2cc(C(C)C)n(C(C)(C)C)n2)o1. The highest BCUT2D eigenvalue weighted by molar-refractivity contribution is 5.92. The van der Waals surface area contributed by atoms with Gasteiger partial charge < -0.3 is 14.8 Å². The van der Waals surface area contributed by atoms with Crippen molar-refractivity contribution >= 4 is 5.91 Å². The van der Waals surface area contributed by atoms with Crippen molar-refractivity contribution in [1.82, 2.24) is 15.1 Å². The third kappa shape index (κ3) is 4.31. The van der Waals surface area contributed by atoms with E-state index in [-0.39, 0.29) is 23.9 Å². The van der Waals surface area contributed by atoms with Crippen LogP contribution in [0.2, 0.25) is 0 Å². The Kier molecular flexibility index (Phi) is 5.14. The maximum absolute atomic E-state index is 12.5. The molecule has 2 rings (SSSR count). The normalized spacial score (nSPS) is 14.6. The summed E-state index contributed by atoms with van der Waals surface area (Å²) in [5, 5.41) is 17.8. The van der Waals surface area contributed by atoms with Crippen molar-refractivity contribution in [1.29, 1.82) is 0 Å². The first-order chi connectivity index (χ1) is 11.4. The Balaban J connectivity index is 2.16. The van der Waals surface area contributed by atoms with Crippen LogP contribution in [0.4, 0.5) is 0 Å². The average Bonchev–Trinajstić information content (AvgIpc) is 3.10. The first-order valence-corrected chi connectivity index (χ1v) is 8.60. The minimum Gasteiger partial charge on any atom is -0.463 e. The standard InChI is InChI=1S/C19H29N3O3/c1-12(2)15-10-14(21-22(15)18(4,5)6)17(23)20-11-19(7,24)16-9-8-13(3)25-16/h8-10,12,24H,11H2,1-7H3,(H,20,23). The number of amides is 1. The largest absolute Gasteiger partial charge is 0.463 e. The van der Waals surface area contributed by atoms with Gasteiger partial charge in [-0.3, -0.25) is 9.48 Å². The topological polar surface area (TPSA) is 80.3 Å². The molecule has 0 aliphatic rings. The first-order valence-electron chi connectivity index (χ1n) is 8.60. The molecule has 2 N–H and O–H groups in total. The van der Waals surface area contributed by atoms with Gasteiger partial charge in [0.1, 0.15) is 22.8 Å². The molecule has 2 aromatic rings. The van der Waals surface area contributed by atoms with Gasteiger partial charge in [0, 0.05) is 5.69 Å². The van der Waals surface area contributed by atoms with Gasteiger partial charge in [0.05, 0.1) is 12.1 Å². The molecule has 1 amide bonds. The Morgan fingerprint density at radius 3 is 2.40 bits per heavy atom. The number of hydrogen-bond acceptors (Lipinski definition) is 4. The molecular formula is C19H29N3O3. The molecule has 25 heavy (non-hydrogen) atoms. The highest BCUT2D eigenvalue weighted by Gasteiger charge is 2.29. The second-order valence-corrected chi connectivity index (χ2v) is 8.06. The van der Waals surface area contributed by atoms with E-state index in [9.17, 15) is 9.90 Å². The van der Waals surface area contributed by atoms with E-state index in [0.29, 0.717) is 17.2 Å². The van der Waals surface area contributed by atoms with E-state index in [4.69, 9.17) is 4.42 Å². The van der Waals surface area contributed by atoms with Crippen LogP contribution in [0.1, 0.15) is 75.2 Å². The van der Waals surface area contributed by atoms with Gasteiger partial charge in [0.15, 0.2) is 0 Å². The van der Waals surface area contributed by atoms with Gasteiger partial charge >= 0.3 is 0 Å². The second-order valence-electron chi connectivity index (χ2n) is 8.06. The number of aryl methyl sites for hydroxylation is 1. The first kappa shape index (κ1) is 19.2. The molecule has 1 unspecified atom stereocenters. The highest BCUT2D eigenvalue weighted by atomic mass is 16.4. The Morgan fingerprint density at radius 2 is 1.96 bits per heavy atom.